The first-order valence-corrected chi connectivity index (χ1v) is 8.30. The third kappa shape index (κ3) is 3.89. The number of anilines is 1. The fourth-order valence-corrected chi connectivity index (χ4v) is 3.46. The van der Waals surface area contributed by atoms with Crippen LogP contribution in [0.1, 0.15) is 30.4 Å². The molecule has 2 N–H and O–H groups in total. The highest BCUT2D eigenvalue weighted by Crippen LogP contribution is 2.22. The van der Waals surface area contributed by atoms with Crippen molar-refractivity contribution in [3.8, 4) is 18.2 Å². The van der Waals surface area contributed by atoms with Crippen molar-refractivity contribution in [2.45, 2.75) is 37.4 Å². The number of likely N-dealkylation sites (tertiary alicyclic amines) is 1. The molecule has 2 aliphatic heterocycles. The Kier molecular flexibility index (Phi) is 6.41. The SMILES string of the molecule is Cl.N#Cc1ccc(N[C@@H]2CN[C@H](C(=O)N3CCCC3C#N)C2)cc1C#N. The first kappa shape index (κ1) is 19.5. The Hall–Kier alpha value is -2.79. The Morgan fingerprint density at radius 1 is 1.23 bits per heavy atom. The van der Waals surface area contributed by atoms with Crippen molar-refractivity contribution in [3.63, 3.8) is 0 Å². The normalized spacial score (nSPS) is 24.0. The molecule has 0 radical (unpaired) electrons. The van der Waals surface area contributed by atoms with Crippen LogP contribution in [-0.4, -0.2) is 42.0 Å². The summed E-state index contributed by atoms with van der Waals surface area (Å²) >= 11 is 0. The molecule has 0 aromatic heterocycles. The molecule has 1 aromatic carbocycles. The smallest absolute Gasteiger partial charge is 0.240 e. The van der Waals surface area contributed by atoms with Gasteiger partial charge in [-0.2, -0.15) is 15.8 Å². The Bertz CT molecular complexity index is 805. The van der Waals surface area contributed by atoms with Crippen LogP contribution in [0.5, 0.6) is 0 Å². The fourth-order valence-electron chi connectivity index (χ4n) is 3.46. The zero-order chi connectivity index (χ0) is 17.8. The van der Waals surface area contributed by atoms with E-state index < -0.39 is 0 Å². The Balaban J connectivity index is 0.00000243. The van der Waals surface area contributed by atoms with Crippen LogP contribution in [0.2, 0.25) is 0 Å². The molecule has 7 nitrogen and oxygen atoms in total. The summed E-state index contributed by atoms with van der Waals surface area (Å²) in [5.74, 6) is -0.00843. The molecule has 0 saturated carbocycles. The molecule has 8 heteroatoms. The number of nitrogens with zero attached hydrogens (tertiary/aromatic N) is 4. The number of halogens is 1. The maximum Gasteiger partial charge on any atom is 0.240 e. The summed E-state index contributed by atoms with van der Waals surface area (Å²) in [7, 11) is 0. The second-order valence-corrected chi connectivity index (χ2v) is 6.34. The van der Waals surface area contributed by atoms with Crippen LogP contribution in [0.15, 0.2) is 18.2 Å². The molecule has 2 saturated heterocycles. The highest BCUT2D eigenvalue weighted by molar-refractivity contribution is 5.85. The van der Waals surface area contributed by atoms with Crippen molar-refractivity contribution in [1.82, 2.24) is 10.2 Å². The van der Waals surface area contributed by atoms with E-state index in [-0.39, 0.29) is 36.4 Å². The summed E-state index contributed by atoms with van der Waals surface area (Å²) in [6, 6.07) is 10.7. The van der Waals surface area contributed by atoms with Crippen LogP contribution in [0, 0.1) is 34.0 Å². The van der Waals surface area contributed by atoms with Gasteiger partial charge in [0.1, 0.15) is 18.2 Å². The number of nitriles is 3. The van der Waals surface area contributed by atoms with Gasteiger partial charge < -0.3 is 15.5 Å². The summed E-state index contributed by atoms with van der Waals surface area (Å²) in [4.78, 5) is 14.3. The molecular formula is C18H19ClN6O. The number of hydrogen-bond donors (Lipinski definition) is 2. The lowest BCUT2D eigenvalue weighted by Crippen LogP contribution is -2.45. The topological polar surface area (TPSA) is 116 Å². The number of amides is 1. The number of carbonyl (C=O) groups is 1. The molecule has 2 heterocycles. The zero-order valence-electron chi connectivity index (χ0n) is 14.1. The van der Waals surface area contributed by atoms with Gasteiger partial charge in [0.25, 0.3) is 0 Å². The third-order valence-electron chi connectivity index (χ3n) is 4.75. The zero-order valence-corrected chi connectivity index (χ0v) is 14.9. The molecule has 0 bridgehead atoms. The van der Waals surface area contributed by atoms with Gasteiger partial charge in [-0.05, 0) is 37.5 Å². The lowest BCUT2D eigenvalue weighted by molar-refractivity contribution is -0.133. The van der Waals surface area contributed by atoms with E-state index in [1.807, 2.05) is 12.1 Å². The molecule has 0 aliphatic carbocycles. The van der Waals surface area contributed by atoms with Gasteiger partial charge in [-0.3, -0.25) is 4.79 Å². The van der Waals surface area contributed by atoms with Crippen molar-refractivity contribution < 1.29 is 4.79 Å². The van der Waals surface area contributed by atoms with E-state index in [9.17, 15) is 4.79 Å². The average Bonchev–Trinajstić information content (AvgIpc) is 3.30. The van der Waals surface area contributed by atoms with Gasteiger partial charge in [-0.25, -0.2) is 0 Å². The van der Waals surface area contributed by atoms with Crippen LogP contribution in [0.4, 0.5) is 5.69 Å². The van der Waals surface area contributed by atoms with E-state index in [0.29, 0.717) is 30.6 Å². The van der Waals surface area contributed by atoms with Crippen LogP contribution in [0.25, 0.3) is 0 Å². The molecule has 0 spiro atoms. The fraction of sp³-hybridized carbons (Fsp3) is 0.444. The predicted molar refractivity (Wildman–Crippen MR) is 97.3 cm³/mol. The molecule has 1 unspecified atom stereocenters. The monoisotopic (exact) mass is 370 g/mol. The Morgan fingerprint density at radius 2 is 2.00 bits per heavy atom. The second-order valence-electron chi connectivity index (χ2n) is 6.34. The lowest BCUT2D eigenvalue weighted by Gasteiger charge is -2.23. The van der Waals surface area contributed by atoms with Crippen molar-refractivity contribution in [2.24, 2.45) is 0 Å². The minimum atomic E-state index is -0.307. The van der Waals surface area contributed by atoms with E-state index in [2.05, 4.69) is 16.7 Å². The van der Waals surface area contributed by atoms with Gasteiger partial charge in [0.05, 0.1) is 23.2 Å². The largest absolute Gasteiger partial charge is 0.381 e. The van der Waals surface area contributed by atoms with E-state index >= 15 is 0 Å². The highest BCUT2D eigenvalue weighted by atomic mass is 35.5. The first-order valence-electron chi connectivity index (χ1n) is 8.30. The van der Waals surface area contributed by atoms with Gasteiger partial charge in [-0.1, -0.05) is 0 Å². The average molecular weight is 371 g/mol. The number of hydrogen-bond acceptors (Lipinski definition) is 6. The number of nitrogens with one attached hydrogen (secondary N) is 2. The summed E-state index contributed by atoms with van der Waals surface area (Å²) in [6.45, 7) is 1.28. The van der Waals surface area contributed by atoms with Crippen molar-refractivity contribution >= 4 is 24.0 Å². The van der Waals surface area contributed by atoms with E-state index in [0.717, 1.165) is 18.5 Å². The lowest BCUT2D eigenvalue weighted by atomic mass is 10.1. The van der Waals surface area contributed by atoms with Gasteiger partial charge >= 0.3 is 0 Å². The number of rotatable bonds is 3. The second kappa shape index (κ2) is 8.54. The Morgan fingerprint density at radius 3 is 2.69 bits per heavy atom. The molecule has 134 valence electrons. The summed E-state index contributed by atoms with van der Waals surface area (Å²) < 4.78 is 0. The first-order chi connectivity index (χ1) is 12.2. The van der Waals surface area contributed by atoms with Crippen LogP contribution in [-0.2, 0) is 4.79 Å². The molecule has 26 heavy (non-hydrogen) atoms. The predicted octanol–water partition coefficient (Wildman–Crippen LogP) is 1.51. The summed E-state index contributed by atoms with van der Waals surface area (Å²) in [5.41, 5.74) is 1.44. The van der Waals surface area contributed by atoms with Crippen molar-refractivity contribution in [1.29, 1.82) is 15.8 Å². The van der Waals surface area contributed by atoms with Gasteiger partial charge in [0.15, 0.2) is 0 Å². The number of benzene rings is 1. The van der Waals surface area contributed by atoms with Crippen LogP contribution < -0.4 is 10.6 Å². The minimum Gasteiger partial charge on any atom is -0.381 e. The quantitative estimate of drug-likeness (QED) is 0.833. The van der Waals surface area contributed by atoms with Crippen LogP contribution in [0.3, 0.4) is 0 Å². The van der Waals surface area contributed by atoms with E-state index in [1.54, 1.807) is 23.1 Å². The van der Waals surface area contributed by atoms with E-state index in [1.165, 1.54) is 0 Å². The third-order valence-corrected chi connectivity index (χ3v) is 4.75. The van der Waals surface area contributed by atoms with Gasteiger partial charge in [0.2, 0.25) is 5.91 Å². The van der Waals surface area contributed by atoms with Crippen molar-refractivity contribution in [3.05, 3.63) is 29.3 Å². The highest BCUT2D eigenvalue weighted by Gasteiger charge is 2.37. The van der Waals surface area contributed by atoms with Crippen LogP contribution >= 0.6 is 12.4 Å². The standard InChI is InChI=1S/C18H18N6O.ClH/c19-8-12-3-4-14(6-13(12)9-20)23-15-7-17(22-11-15)18(25)24-5-1-2-16(24)10-21;/h3-4,6,15-17,22-23H,1-2,5,7,11H2;1H/t15-,16?,17-;/m0./s1. The van der Waals surface area contributed by atoms with Gasteiger partial charge in [-0.15, -0.1) is 12.4 Å². The van der Waals surface area contributed by atoms with Gasteiger partial charge in [0, 0.05) is 24.8 Å². The maximum absolute atomic E-state index is 12.6. The molecule has 2 aliphatic rings. The van der Waals surface area contributed by atoms with Crippen molar-refractivity contribution in [2.75, 3.05) is 18.4 Å². The molecule has 3 atom stereocenters. The molecular weight excluding hydrogens is 352 g/mol. The molecule has 1 aromatic rings. The molecule has 3 rings (SSSR count). The number of carbonyl (C=O) groups excluding carboxylic acids is 1. The maximum atomic E-state index is 12.6. The molecule has 2 fully saturated rings. The molecule has 1 amide bonds. The van der Waals surface area contributed by atoms with E-state index in [4.69, 9.17) is 15.8 Å². The summed E-state index contributed by atoms with van der Waals surface area (Å²) in [6.07, 6.45) is 2.24. The minimum absolute atomic E-state index is 0. The Labute approximate surface area is 158 Å². The summed E-state index contributed by atoms with van der Waals surface area (Å²) in [5, 5.41) is 33.7.